The minimum atomic E-state index is -1.39. The Morgan fingerprint density at radius 2 is 1.77 bits per heavy atom. The summed E-state index contributed by atoms with van der Waals surface area (Å²) < 4.78 is 15.9. The van der Waals surface area contributed by atoms with Crippen molar-refractivity contribution in [1.82, 2.24) is 5.32 Å². The molecule has 0 saturated carbocycles. The van der Waals surface area contributed by atoms with Crippen LogP contribution >= 0.6 is 0 Å². The predicted octanol–water partition coefficient (Wildman–Crippen LogP) is 1.96. The van der Waals surface area contributed by atoms with Crippen molar-refractivity contribution < 1.29 is 43.3 Å². The van der Waals surface area contributed by atoms with E-state index in [9.17, 15) is 29.1 Å². The average Bonchev–Trinajstić information content (AvgIpc) is 2.86. The van der Waals surface area contributed by atoms with Crippen LogP contribution in [0.1, 0.15) is 40.5 Å². The number of fused-ring (bicyclic) bond motifs is 2. The lowest BCUT2D eigenvalue weighted by Crippen LogP contribution is -2.35. The number of carbonyl (C=O) groups is 5. The first-order valence-electron chi connectivity index (χ1n) is 12.4. The second kappa shape index (κ2) is 13.8. The summed E-state index contributed by atoms with van der Waals surface area (Å²) in [5, 5.41) is 13.2. The first-order valence-corrected chi connectivity index (χ1v) is 12.4. The zero-order chi connectivity index (χ0) is 29.4. The van der Waals surface area contributed by atoms with Gasteiger partial charge in [-0.15, -0.1) is 0 Å². The van der Waals surface area contributed by atoms with Crippen LogP contribution in [0, 0.1) is 11.8 Å². The van der Waals surface area contributed by atoms with Crippen molar-refractivity contribution in [1.29, 1.82) is 0 Å². The van der Waals surface area contributed by atoms with Crippen molar-refractivity contribution in [2.45, 2.75) is 58.8 Å². The zero-order valence-electron chi connectivity index (χ0n) is 23.0. The smallest absolute Gasteiger partial charge is 0.405 e. The molecule has 2 aliphatic rings. The molecule has 1 heterocycles. The molecule has 0 aromatic rings. The number of hydrogen-bond acceptors (Lipinski definition) is 9. The van der Waals surface area contributed by atoms with Crippen molar-refractivity contribution in [2.75, 3.05) is 14.2 Å². The maximum Gasteiger partial charge on any atom is 0.405 e. The summed E-state index contributed by atoms with van der Waals surface area (Å²) in [6.07, 6.45) is 2.73. The number of aliphatic hydroxyl groups excluding tert-OH is 1. The van der Waals surface area contributed by atoms with Gasteiger partial charge in [0, 0.05) is 36.7 Å². The molecular formula is C28H36N2O9. The molecule has 0 spiro atoms. The van der Waals surface area contributed by atoms with Gasteiger partial charge in [-0.2, -0.15) is 0 Å². The first-order chi connectivity index (χ1) is 18.3. The van der Waals surface area contributed by atoms with Crippen molar-refractivity contribution in [3.63, 3.8) is 0 Å². The highest BCUT2D eigenvalue weighted by Gasteiger charge is 2.33. The van der Waals surface area contributed by atoms with Crippen LogP contribution in [0.15, 0.2) is 58.6 Å². The molecule has 0 fully saturated rings. The minimum absolute atomic E-state index is 0.00423. The van der Waals surface area contributed by atoms with Gasteiger partial charge in [0.1, 0.15) is 12.2 Å². The van der Waals surface area contributed by atoms with E-state index in [1.54, 1.807) is 26.8 Å². The van der Waals surface area contributed by atoms with E-state index in [1.165, 1.54) is 39.4 Å². The molecule has 0 unspecified atom stereocenters. The molecule has 1 aliphatic carbocycles. The molecule has 11 nitrogen and oxygen atoms in total. The van der Waals surface area contributed by atoms with E-state index < -0.39 is 59.5 Å². The molecule has 0 aromatic heterocycles. The summed E-state index contributed by atoms with van der Waals surface area (Å²) in [4.78, 5) is 63.2. The second-order valence-electron chi connectivity index (χ2n) is 9.70. The van der Waals surface area contributed by atoms with E-state index >= 15 is 0 Å². The molecule has 5 atom stereocenters. The van der Waals surface area contributed by atoms with Gasteiger partial charge in [-0.25, -0.2) is 4.79 Å². The number of Topliss-reactive ketones (excluding diaryl/α,β-unsaturated/α-hetero) is 2. The Labute approximate surface area is 227 Å². The molecule has 11 heteroatoms. The Morgan fingerprint density at radius 3 is 2.36 bits per heavy atom. The molecule has 39 heavy (non-hydrogen) atoms. The number of aliphatic hydroxyl groups is 1. The number of ether oxygens (including phenoxy) is 3. The predicted molar refractivity (Wildman–Crippen MR) is 141 cm³/mol. The fraction of sp³-hybridized carbons (Fsp3) is 0.464. The topological polar surface area (TPSA) is 171 Å². The van der Waals surface area contributed by atoms with Gasteiger partial charge in [0.15, 0.2) is 17.6 Å². The van der Waals surface area contributed by atoms with Gasteiger partial charge in [0.05, 0.1) is 12.8 Å². The number of amides is 2. The lowest BCUT2D eigenvalue weighted by Gasteiger charge is -2.25. The third-order valence-electron chi connectivity index (χ3n) is 6.47. The van der Waals surface area contributed by atoms with Crippen molar-refractivity contribution in [3.05, 3.63) is 58.6 Å². The number of nitrogens with one attached hydrogen (secondary N) is 1. The maximum absolute atomic E-state index is 13.2. The van der Waals surface area contributed by atoms with E-state index in [0.717, 1.165) is 6.08 Å². The molecule has 212 valence electrons. The summed E-state index contributed by atoms with van der Waals surface area (Å²) >= 11 is 0. The number of hydrogen-bond donors (Lipinski definition) is 3. The molecule has 2 bridgehead atoms. The quantitative estimate of drug-likeness (QED) is 0.355. The fourth-order valence-electron chi connectivity index (χ4n) is 4.41. The Kier molecular flexibility index (Phi) is 11.1. The lowest BCUT2D eigenvalue weighted by atomic mass is 9.86. The van der Waals surface area contributed by atoms with E-state index in [0.29, 0.717) is 5.57 Å². The molecule has 2 amide bonds. The van der Waals surface area contributed by atoms with Crippen LogP contribution in [0.3, 0.4) is 0 Å². The number of primary amides is 1. The lowest BCUT2D eigenvalue weighted by molar-refractivity contribution is -0.129. The third-order valence-corrected chi connectivity index (χ3v) is 6.47. The van der Waals surface area contributed by atoms with E-state index in [2.05, 4.69) is 5.32 Å². The Hall–Kier alpha value is -3.83. The van der Waals surface area contributed by atoms with Crippen molar-refractivity contribution in [3.8, 4) is 0 Å². The fourth-order valence-corrected chi connectivity index (χ4v) is 4.41. The zero-order valence-corrected chi connectivity index (χ0v) is 23.0. The van der Waals surface area contributed by atoms with E-state index in [1.807, 2.05) is 0 Å². The number of nitrogens with two attached hydrogens (primary N) is 1. The van der Waals surface area contributed by atoms with Gasteiger partial charge in [-0.1, -0.05) is 38.2 Å². The highest BCUT2D eigenvalue weighted by molar-refractivity contribution is 6.23. The Bertz CT molecular complexity index is 1180. The first kappa shape index (κ1) is 31.4. The van der Waals surface area contributed by atoms with Crippen LogP contribution in [0.2, 0.25) is 0 Å². The summed E-state index contributed by atoms with van der Waals surface area (Å²) in [7, 11) is 2.65. The van der Waals surface area contributed by atoms with Gasteiger partial charge in [0.2, 0.25) is 11.6 Å². The highest BCUT2D eigenvalue weighted by Crippen LogP contribution is 2.27. The summed E-state index contributed by atoms with van der Waals surface area (Å²) in [5.41, 5.74) is 5.77. The molecule has 2 rings (SSSR count). The van der Waals surface area contributed by atoms with Crippen molar-refractivity contribution in [2.24, 2.45) is 17.6 Å². The summed E-state index contributed by atoms with van der Waals surface area (Å²) in [6.45, 7) is 6.49. The van der Waals surface area contributed by atoms with Gasteiger partial charge in [-0.05, 0) is 31.8 Å². The molecule has 0 radical (unpaired) electrons. The van der Waals surface area contributed by atoms with Crippen LogP contribution < -0.4 is 11.1 Å². The minimum Gasteiger partial charge on any atom is -0.492 e. The van der Waals surface area contributed by atoms with Crippen LogP contribution in [-0.2, 0) is 33.4 Å². The second-order valence-corrected chi connectivity index (χ2v) is 9.70. The van der Waals surface area contributed by atoms with E-state index in [4.69, 9.17) is 19.9 Å². The van der Waals surface area contributed by atoms with Crippen LogP contribution in [0.25, 0.3) is 0 Å². The third kappa shape index (κ3) is 8.08. The average molecular weight is 545 g/mol. The van der Waals surface area contributed by atoms with Crippen molar-refractivity contribution >= 4 is 29.4 Å². The Balaban J connectivity index is 2.58. The molecule has 0 aromatic carbocycles. The number of rotatable bonds is 3. The number of methoxy groups -OCH3 is 2. The summed E-state index contributed by atoms with van der Waals surface area (Å²) in [5.74, 6) is -3.57. The molecular weight excluding hydrogens is 508 g/mol. The largest absolute Gasteiger partial charge is 0.492 e. The normalized spacial score (nSPS) is 31.4. The summed E-state index contributed by atoms with van der Waals surface area (Å²) in [6, 6.07) is 0. The van der Waals surface area contributed by atoms with Gasteiger partial charge >= 0.3 is 6.09 Å². The molecule has 4 N–H and O–H groups in total. The van der Waals surface area contributed by atoms with Gasteiger partial charge < -0.3 is 30.4 Å². The number of allylic oxidation sites excluding steroid dienone is 4. The number of ketones is 3. The van der Waals surface area contributed by atoms with Gasteiger partial charge in [-0.3, -0.25) is 19.2 Å². The SMILES string of the molecule is COC1=C2C[C@@H](C)CC(=O)[C@H](O)[C@@H](C)/C=C(\C)[C@H](OC(N)=O)[C@@H](OC)/C=C\C=C(/C)C(=O)NC(=CC1=O)C2=O. The van der Waals surface area contributed by atoms with Gasteiger partial charge in [0.25, 0.3) is 5.91 Å². The van der Waals surface area contributed by atoms with E-state index in [-0.39, 0.29) is 35.4 Å². The number of carbonyl (C=O) groups excluding carboxylic acids is 5. The Morgan fingerprint density at radius 1 is 1.10 bits per heavy atom. The maximum atomic E-state index is 13.2. The van der Waals surface area contributed by atoms with Crippen LogP contribution in [0.5, 0.6) is 0 Å². The monoisotopic (exact) mass is 544 g/mol. The molecule has 0 saturated heterocycles. The van der Waals surface area contributed by atoms with Crippen LogP contribution in [0.4, 0.5) is 4.79 Å². The van der Waals surface area contributed by atoms with Crippen LogP contribution in [-0.4, -0.2) is 67.0 Å². The standard InChI is InChI=1S/C28H36N2O9/c1-14-10-18-24(34)19(13-21(32)26(18)38-6)30-27(35)15(2)8-7-9-22(37-5)25(39-28(29)36)17(4)12-16(3)23(33)20(31)11-14/h7-9,12-14,16,22-23,25,33H,10-11H2,1-6H3,(H2,29,36)(H,30,35)/b9-7-,15-8+,17-12+/t14-,16+,22+,23-,25+/m1/s1. The molecule has 1 aliphatic heterocycles. The highest BCUT2D eigenvalue weighted by atomic mass is 16.6.